The van der Waals surface area contributed by atoms with Crippen LogP contribution in [0.4, 0.5) is 27.9 Å². The maximum Gasteiger partial charge on any atom is 0.419 e. The molecule has 3 heterocycles. The van der Waals surface area contributed by atoms with Crippen LogP contribution >= 0.6 is 0 Å². The summed E-state index contributed by atoms with van der Waals surface area (Å²) in [6.45, 7) is 1.75. The number of nitrogens with zero attached hydrogens (tertiary/aromatic N) is 5. The van der Waals surface area contributed by atoms with Gasteiger partial charge >= 0.3 is 6.18 Å². The van der Waals surface area contributed by atoms with Gasteiger partial charge in [0.05, 0.1) is 10.9 Å². The van der Waals surface area contributed by atoms with E-state index in [1.54, 1.807) is 7.05 Å². The third kappa shape index (κ3) is 4.29. The predicted molar refractivity (Wildman–Crippen MR) is 127 cm³/mol. The highest BCUT2D eigenvalue weighted by atomic mass is 19.4. The van der Waals surface area contributed by atoms with Crippen LogP contribution in [0.3, 0.4) is 0 Å². The van der Waals surface area contributed by atoms with E-state index in [1.165, 1.54) is 16.4 Å². The molecule has 1 fully saturated rings. The molecular weight excluding hydrogens is 477 g/mol. The number of rotatable bonds is 4. The highest BCUT2D eigenvalue weighted by Crippen LogP contribution is 2.39. The molecule has 0 spiro atoms. The summed E-state index contributed by atoms with van der Waals surface area (Å²) in [5.74, 6) is -2.23. The van der Waals surface area contributed by atoms with E-state index < -0.39 is 34.5 Å². The van der Waals surface area contributed by atoms with E-state index in [4.69, 9.17) is 0 Å². The molecule has 0 aliphatic carbocycles. The first-order valence-corrected chi connectivity index (χ1v) is 11.7. The fraction of sp³-hybridized carbons (Fsp3) is 0.346. The highest BCUT2D eigenvalue weighted by Gasteiger charge is 2.37. The van der Waals surface area contributed by atoms with Gasteiger partial charge in [0.1, 0.15) is 17.3 Å². The summed E-state index contributed by atoms with van der Waals surface area (Å²) in [6, 6.07) is 10.8. The van der Waals surface area contributed by atoms with E-state index in [9.17, 15) is 22.0 Å². The second-order valence-corrected chi connectivity index (χ2v) is 9.13. The van der Waals surface area contributed by atoms with Crippen LogP contribution in [0.25, 0.3) is 22.3 Å². The second kappa shape index (κ2) is 9.15. The Hall–Kier alpha value is -3.56. The van der Waals surface area contributed by atoms with Gasteiger partial charge < -0.3 is 4.90 Å². The van der Waals surface area contributed by atoms with E-state index in [1.807, 2.05) is 18.2 Å². The van der Waals surface area contributed by atoms with Crippen LogP contribution in [-0.4, -0.2) is 32.3 Å². The molecule has 4 aromatic rings. The lowest BCUT2D eigenvalue weighted by Crippen LogP contribution is -2.42. The van der Waals surface area contributed by atoms with Crippen molar-refractivity contribution in [3.05, 3.63) is 70.9 Å². The lowest BCUT2D eigenvalue weighted by Gasteiger charge is -2.36. The van der Waals surface area contributed by atoms with Crippen molar-refractivity contribution in [3.63, 3.8) is 0 Å². The number of aryl methyl sites for hydroxylation is 1. The Morgan fingerprint density at radius 1 is 1.06 bits per heavy atom. The Morgan fingerprint density at radius 3 is 2.53 bits per heavy atom. The van der Waals surface area contributed by atoms with Crippen LogP contribution in [-0.2, 0) is 19.6 Å². The molecule has 1 unspecified atom stereocenters. The SMILES string of the molecule is Cc1c(F)c(-c2nn(C)c3nc(N4CCCCC4Cc4ccccc4)ncc23)cc(C(F)(F)F)c1F. The van der Waals surface area contributed by atoms with Crippen LogP contribution in [0.1, 0.15) is 36.0 Å². The van der Waals surface area contributed by atoms with Crippen molar-refractivity contribution >= 4 is 17.0 Å². The minimum Gasteiger partial charge on any atom is -0.337 e. The molecule has 0 bridgehead atoms. The van der Waals surface area contributed by atoms with Crippen LogP contribution in [0.5, 0.6) is 0 Å². The number of hydrogen-bond donors (Lipinski definition) is 0. The molecule has 0 radical (unpaired) electrons. The summed E-state index contributed by atoms with van der Waals surface area (Å²) in [4.78, 5) is 11.3. The smallest absolute Gasteiger partial charge is 0.337 e. The van der Waals surface area contributed by atoms with Crippen molar-refractivity contribution in [2.24, 2.45) is 7.05 Å². The van der Waals surface area contributed by atoms with Crippen molar-refractivity contribution in [2.75, 3.05) is 11.4 Å². The van der Waals surface area contributed by atoms with Crippen LogP contribution in [0.15, 0.2) is 42.6 Å². The topological polar surface area (TPSA) is 46.8 Å². The third-order valence-electron chi connectivity index (χ3n) is 6.75. The lowest BCUT2D eigenvalue weighted by atomic mass is 9.96. The first-order chi connectivity index (χ1) is 17.1. The fourth-order valence-corrected chi connectivity index (χ4v) is 4.88. The molecule has 36 heavy (non-hydrogen) atoms. The van der Waals surface area contributed by atoms with Gasteiger partial charge in [-0.15, -0.1) is 0 Å². The maximum absolute atomic E-state index is 15.0. The number of halogens is 5. The molecule has 0 amide bonds. The van der Waals surface area contributed by atoms with E-state index in [0.29, 0.717) is 17.7 Å². The van der Waals surface area contributed by atoms with Crippen molar-refractivity contribution in [1.82, 2.24) is 19.7 Å². The Bertz CT molecular complexity index is 1410. The highest BCUT2D eigenvalue weighted by molar-refractivity contribution is 5.91. The Morgan fingerprint density at radius 2 is 1.81 bits per heavy atom. The Kier molecular flexibility index (Phi) is 6.13. The maximum atomic E-state index is 15.0. The number of aromatic nitrogens is 4. The van der Waals surface area contributed by atoms with E-state index >= 15 is 0 Å². The second-order valence-electron chi connectivity index (χ2n) is 9.13. The zero-order valence-corrected chi connectivity index (χ0v) is 19.8. The Labute approximate surface area is 204 Å². The van der Waals surface area contributed by atoms with Gasteiger partial charge in [-0.3, -0.25) is 0 Å². The third-order valence-corrected chi connectivity index (χ3v) is 6.75. The van der Waals surface area contributed by atoms with Crippen LogP contribution in [0.2, 0.25) is 0 Å². The zero-order valence-electron chi connectivity index (χ0n) is 19.8. The van der Waals surface area contributed by atoms with Gasteiger partial charge in [0.2, 0.25) is 5.95 Å². The van der Waals surface area contributed by atoms with Gasteiger partial charge in [0, 0.05) is 37.0 Å². The fourth-order valence-electron chi connectivity index (χ4n) is 4.88. The molecule has 0 saturated carbocycles. The molecule has 2 aromatic heterocycles. The molecule has 5 nitrogen and oxygen atoms in total. The van der Waals surface area contributed by atoms with Gasteiger partial charge in [-0.1, -0.05) is 30.3 Å². The van der Waals surface area contributed by atoms with Crippen molar-refractivity contribution < 1.29 is 22.0 Å². The summed E-state index contributed by atoms with van der Waals surface area (Å²) in [6.07, 6.45) is 0.375. The van der Waals surface area contributed by atoms with E-state index in [0.717, 1.165) is 39.2 Å². The number of hydrogen-bond acceptors (Lipinski definition) is 4. The Balaban J connectivity index is 1.56. The average molecular weight is 502 g/mol. The minimum atomic E-state index is -4.98. The minimum absolute atomic E-state index is 0.0652. The van der Waals surface area contributed by atoms with Gasteiger partial charge in [-0.25, -0.2) is 18.4 Å². The van der Waals surface area contributed by atoms with Crippen molar-refractivity contribution in [3.8, 4) is 11.3 Å². The largest absolute Gasteiger partial charge is 0.419 e. The lowest BCUT2D eigenvalue weighted by molar-refractivity contribution is -0.140. The summed E-state index contributed by atoms with van der Waals surface area (Å²) in [5.41, 5.74) is -1.19. The molecule has 1 aliphatic heterocycles. The zero-order chi connectivity index (χ0) is 25.6. The number of benzene rings is 2. The predicted octanol–water partition coefficient (Wildman–Crippen LogP) is 6.24. The quantitative estimate of drug-likeness (QED) is 0.311. The van der Waals surface area contributed by atoms with Gasteiger partial charge in [0.15, 0.2) is 5.65 Å². The normalized spacial score (nSPS) is 16.6. The van der Waals surface area contributed by atoms with E-state index in [-0.39, 0.29) is 17.1 Å². The number of anilines is 1. The summed E-state index contributed by atoms with van der Waals surface area (Å²) >= 11 is 0. The standard InChI is InChI=1S/C26H24F5N5/c1-15-21(27)18(13-20(22(15)28)26(29,30)31)23-19-14-32-25(33-24(19)35(2)34-23)36-11-7-6-10-17(36)12-16-8-4-3-5-9-16/h3-5,8-9,13-14,17H,6-7,10-12H2,1-2H3. The van der Waals surface area contributed by atoms with Crippen LogP contribution < -0.4 is 4.90 Å². The van der Waals surface area contributed by atoms with Gasteiger partial charge in [0.25, 0.3) is 0 Å². The monoisotopic (exact) mass is 501 g/mol. The number of fused-ring (bicyclic) bond motifs is 1. The molecule has 188 valence electrons. The van der Waals surface area contributed by atoms with Gasteiger partial charge in [-0.05, 0) is 44.2 Å². The van der Waals surface area contributed by atoms with Crippen molar-refractivity contribution in [2.45, 2.75) is 44.8 Å². The molecule has 1 saturated heterocycles. The number of alkyl halides is 3. The first kappa shape index (κ1) is 24.1. The van der Waals surface area contributed by atoms with Crippen molar-refractivity contribution in [1.29, 1.82) is 0 Å². The molecular formula is C26H24F5N5. The molecule has 10 heteroatoms. The molecule has 0 N–H and O–H groups in total. The molecule has 1 aliphatic rings. The molecule has 2 aromatic carbocycles. The molecule has 5 rings (SSSR count). The van der Waals surface area contributed by atoms with Crippen LogP contribution in [0, 0.1) is 18.6 Å². The summed E-state index contributed by atoms with van der Waals surface area (Å²) < 4.78 is 70.8. The average Bonchev–Trinajstić information content (AvgIpc) is 3.18. The summed E-state index contributed by atoms with van der Waals surface area (Å²) in [7, 11) is 1.58. The molecule has 1 atom stereocenters. The first-order valence-electron chi connectivity index (χ1n) is 11.7. The van der Waals surface area contributed by atoms with E-state index in [2.05, 4.69) is 32.1 Å². The summed E-state index contributed by atoms with van der Waals surface area (Å²) in [5, 5.41) is 4.54. The number of piperidine rings is 1. The van der Waals surface area contributed by atoms with Gasteiger partial charge in [-0.2, -0.15) is 23.3 Å².